The fourth-order valence-corrected chi connectivity index (χ4v) is 2.84. The maximum absolute atomic E-state index is 11.7. The minimum Gasteiger partial charge on any atom is -0.433 e. The number of aromatic nitrogens is 2. The topological polar surface area (TPSA) is 163 Å². The molecule has 0 bridgehead atoms. The molecule has 0 spiro atoms. The smallest absolute Gasteiger partial charge is 0.433 e. The molecule has 0 aromatic carbocycles. The van der Waals surface area contributed by atoms with Crippen molar-refractivity contribution in [3.8, 4) is 0 Å². The van der Waals surface area contributed by atoms with Gasteiger partial charge in [0.1, 0.15) is 24.4 Å². The van der Waals surface area contributed by atoms with Crippen molar-refractivity contribution in [3.05, 3.63) is 22.2 Å². The van der Waals surface area contributed by atoms with Gasteiger partial charge in [0.05, 0.1) is 13.2 Å². The van der Waals surface area contributed by atoms with E-state index in [1.54, 1.807) is 0 Å². The van der Waals surface area contributed by atoms with Gasteiger partial charge in [0.2, 0.25) is 0 Å². The van der Waals surface area contributed by atoms with Gasteiger partial charge in [-0.2, -0.15) is 10.5 Å². The Hall–Kier alpha value is -2.21. The van der Waals surface area contributed by atoms with Crippen LogP contribution in [-0.2, 0) is 14.3 Å². The molecule has 1 aliphatic rings. The Morgan fingerprint density at radius 3 is 2.71 bits per heavy atom. The predicted octanol–water partition coefficient (Wildman–Crippen LogP) is 0.374. The average Bonchev–Trinajstić information content (AvgIpc) is 2.97. The Morgan fingerprint density at radius 2 is 2.04 bits per heavy atom. The predicted molar refractivity (Wildman–Crippen MR) is 96.4 cm³/mol. The van der Waals surface area contributed by atoms with Gasteiger partial charge in [-0.25, -0.2) is 9.59 Å². The fourth-order valence-electron chi connectivity index (χ4n) is 2.84. The molecule has 0 amide bonds. The van der Waals surface area contributed by atoms with Crippen LogP contribution < -0.4 is 11.2 Å². The second-order valence-corrected chi connectivity index (χ2v) is 6.49. The van der Waals surface area contributed by atoms with E-state index < -0.39 is 42.9 Å². The van der Waals surface area contributed by atoms with Gasteiger partial charge in [-0.15, -0.1) is 0 Å². The molecule has 158 valence electrons. The summed E-state index contributed by atoms with van der Waals surface area (Å²) in [5, 5.41) is 29.2. The van der Waals surface area contributed by atoms with Crippen LogP contribution in [0, 0.1) is 0 Å². The van der Waals surface area contributed by atoms with E-state index >= 15 is 0 Å². The first-order chi connectivity index (χ1) is 13.5. The van der Waals surface area contributed by atoms with Gasteiger partial charge in [-0.1, -0.05) is 32.6 Å². The highest BCUT2D eigenvalue weighted by Crippen LogP contribution is 2.35. The molecule has 4 atom stereocenters. The number of rotatable bonds is 10. The van der Waals surface area contributed by atoms with E-state index in [-0.39, 0.29) is 18.0 Å². The van der Waals surface area contributed by atoms with Crippen molar-refractivity contribution in [2.75, 3.05) is 18.7 Å². The lowest BCUT2D eigenvalue weighted by Crippen LogP contribution is -2.32. The van der Waals surface area contributed by atoms with Gasteiger partial charge in [0.15, 0.2) is 5.82 Å². The number of nitrogens with zero attached hydrogens (tertiary/aromatic N) is 1. The second kappa shape index (κ2) is 11.0. The number of nitrogens with one attached hydrogen (secondary N) is 2. The zero-order valence-corrected chi connectivity index (χ0v) is 15.7. The first-order valence-electron chi connectivity index (χ1n) is 9.29. The van der Waals surface area contributed by atoms with E-state index in [2.05, 4.69) is 22.4 Å². The first kappa shape index (κ1) is 22.1. The van der Waals surface area contributed by atoms with Crippen molar-refractivity contribution < 1.29 is 34.4 Å². The molecular weight excluding hydrogens is 374 g/mol. The molecule has 5 N–H and O–H groups in total. The molecule has 0 radical (unpaired) electrons. The van der Waals surface area contributed by atoms with Crippen molar-refractivity contribution in [2.24, 2.45) is 0 Å². The SMILES string of the molecule is CCCCCCCOC(=O)ONc1nc(=O)[nH]cc1C1OC(CO)C(O)C1O. The largest absolute Gasteiger partial charge is 0.533 e. The van der Waals surface area contributed by atoms with Crippen LogP contribution in [0.15, 0.2) is 11.0 Å². The normalized spacial score (nSPS) is 24.1. The molecule has 1 saturated heterocycles. The highest BCUT2D eigenvalue weighted by atomic mass is 16.8. The van der Waals surface area contributed by atoms with Crippen LogP contribution in [0.25, 0.3) is 0 Å². The standard InChI is InChI=1S/C17H27N3O8/c1-2-3-4-5-6-7-26-17(25)28-20-15-10(8-18-16(24)19-15)14-13(23)12(22)11(9-21)27-14/h8,11-14,21-23H,2-7,9H2,1H3,(H2,18,19,20,24). The lowest BCUT2D eigenvalue weighted by atomic mass is 10.0. The van der Waals surface area contributed by atoms with Crippen LogP contribution in [0.5, 0.6) is 0 Å². The Morgan fingerprint density at radius 1 is 1.29 bits per heavy atom. The summed E-state index contributed by atoms with van der Waals surface area (Å²) in [6, 6.07) is 0. The number of aliphatic hydroxyl groups is 3. The number of hydrogen-bond donors (Lipinski definition) is 5. The fraction of sp³-hybridized carbons (Fsp3) is 0.706. The molecule has 11 nitrogen and oxygen atoms in total. The number of anilines is 1. The number of ether oxygens (including phenoxy) is 2. The number of unbranched alkanes of at least 4 members (excludes halogenated alkanes) is 4. The lowest BCUT2D eigenvalue weighted by molar-refractivity contribution is -0.0229. The van der Waals surface area contributed by atoms with E-state index in [1.165, 1.54) is 6.20 Å². The zero-order chi connectivity index (χ0) is 20.5. The Bertz CT molecular complexity index is 683. The minimum absolute atomic E-state index is 0.134. The summed E-state index contributed by atoms with van der Waals surface area (Å²) < 4.78 is 10.3. The first-order valence-corrected chi connectivity index (χ1v) is 9.29. The third kappa shape index (κ3) is 5.89. The summed E-state index contributed by atoms with van der Waals surface area (Å²) in [6.07, 6.45) is 0.385. The van der Waals surface area contributed by atoms with E-state index in [0.717, 1.165) is 25.7 Å². The van der Waals surface area contributed by atoms with Crippen molar-refractivity contribution in [2.45, 2.75) is 63.4 Å². The summed E-state index contributed by atoms with van der Waals surface area (Å²) in [5.41, 5.74) is 1.62. The molecular formula is C17H27N3O8. The summed E-state index contributed by atoms with van der Waals surface area (Å²) in [4.78, 5) is 33.9. The number of aliphatic hydroxyl groups excluding tert-OH is 3. The molecule has 2 rings (SSSR count). The third-order valence-corrected chi connectivity index (χ3v) is 4.39. The zero-order valence-electron chi connectivity index (χ0n) is 15.7. The Labute approximate surface area is 161 Å². The third-order valence-electron chi connectivity index (χ3n) is 4.39. The molecule has 0 saturated carbocycles. The molecule has 28 heavy (non-hydrogen) atoms. The lowest BCUT2D eigenvalue weighted by Gasteiger charge is -2.17. The summed E-state index contributed by atoms with van der Waals surface area (Å²) >= 11 is 0. The number of H-pyrrole nitrogens is 1. The summed E-state index contributed by atoms with van der Waals surface area (Å²) in [5.74, 6) is -0.182. The van der Waals surface area contributed by atoms with Crippen LogP contribution in [0.2, 0.25) is 0 Å². The molecule has 4 unspecified atom stereocenters. The minimum atomic E-state index is -1.37. The van der Waals surface area contributed by atoms with Crippen LogP contribution in [-0.4, -0.2) is 63.0 Å². The van der Waals surface area contributed by atoms with Crippen LogP contribution in [0.1, 0.15) is 50.7 Å². The quantitative estimate of drug-likeness (QED) is 0.210. The molecule has 0 aliphatic carbocycles. The highest BCUT2D eigenvalue weighted by molar-refractivity contribution is 5.61. The van der Waals surface area contributed by atoms with Crippen molar-refractivity contribution in [1.82, 2.24) is 9.97 Å². The summed E-state index contributed by atoms with van der Waals surface area (Å²) in [6.45, 7) is 1.81. The van der Waals surface area contributed by atoms with E-state index in [1.807, 2.05) is 0 Å². The van der Waals surface area contributed by atoms with Crippen LogP contribution >= 0.6 is 0 Å². The van der Waals surface area contributed by atoms with Crippen molar-refractivity contribution in [3.63, 3.8) is 0 Å². The molecule has 1 fully saturated rings. The summed E-state index contributed by atoms with van der Waals surface area (Å²) in [7, 11) is 0. The Kier molecular flexibility index (Phi) is 8.64. The van der Waals surface area contributed by atoms with Crippen molar-refractivity contribution in [1.29, 1.82) is 0 Å². The molecule has 11 heteroatoms. The number of hydrogen-bond acceptors (Lipinski definition) is 10. The highest BCUT2D eigenvalue weighted by Gasteiger charge is 2.44. The molecule has 1 aliphatic heterocycles. The van der Waals surface area contributed by atoms with Crippen molar-refractivity contribution >= 4 is 12.0 Å². The van der Waals surface area contributed by atoms with Gasteiger partial charge in [0.25, 0.3) is 0 Å². The monoisotopic (exact) mass is 401 g/mol. The van der Waals surface area contributed by atoms with Gasteiger partial charge < -0.3 is 34.6 Å². The number of carbonyl (C=O) groups excluding carboxylic acids is 1. The van der Waals surface area contributed by atoms with E-state index in [9.17, 15) is 24.9 Å². The van der Waals surface area contributed by atoms with Gasteiger partial charge in [-0.3, -0.25) is 0 Å². The van der Waals surface area contributed by atoms with E-state index in [4.69, 9.17) is 14.3 Å². The molecule has 1 aromatic rings. The van der Waals surface area contributed by atoms with Gasteiger partial charge >= 0.3 is 11.8 Å². The Balaban J connectivity index is 1.92. The molecule has 2 heterocycles. The van der Waals surface area contributed by atoms with Gasteiger partial charge in [0, 0.05) is 11.8 Å². The van der Waals surface area contributed by atoms with Crippen LogP contribution in [0.4, 0.5) is 10.6 Å². The van der Waals surface area contributed by atoms with E-state index in [0.29, 0.717) is 6.42 Å². The maximum atomic E-state index is 11.7. The number of carbonyl (C=O) groups is 1. The van der Waals surface area contributed by atoms with Gasteiger partial charge in [-0.05, 0) is 6.42 Å². The van der Waals surface area contributed by atoms with Crippen LogP contribution in [0.3, 0.4) is 0 Å². The second-order valence-electron chi connectivity index (χ2n) is 6.49. The number of aromatic amines is 1. The average molecular weight is 401 g/mol. The molecule has 1 aromatic heterocycles. The maximum Gasteiger partial charge on any atom is 0.533 e.